The standard InChI is InChI=1S/C24H25N3O5S2/c1-9(23(30)31)27-21(28)16-12-8-13(17(16)22(27)29)18-15(12)14(19-20(33-18)25-24(32)34-19)10-4-6-11(7-5-10)26(2)3/h4-7,9,12-18H,8H2,1-3H3,(H,25,32)(H,30,31)/t9-,12-,13+,14-,15+,16+,17+,18-/m1/s1. The second-order valence-corrected chi connectivity index (χ2v) is 12.2. The van der Waals surface area contributed by atoms with Gasteiger partial charge in [-0.2, -0.15) is 0 Å². The van der Waals surface area contributed by atoms with Crippen LogP contribution in [0, 0.1) is 29.6 Å². The van der Waals surface area contributed by atoms with E-state index in [1.54, 1.807) is 11.8 Å². The van der Waals surface area contributed by atoms with E-state index in [4.69, 9.17) is 0 Å². The Balaban J connectivity index is 1.43. The van der Waals surface area contributed by atoms with Gasteiger partial charge < -0.3 is 15.0 Å². The zero-order valence-electron chi connectivity index (χ0n) is 18.9. The maximum atomic E-state index is 13.4. The monoisotopic (exact) mass is 499 g/mol. The van der Waals surface area contributed by atoms with Gasteiger partial charge in [0.1, 0.15) is 6.04 Å². The van der Waals surface area contributed by atoms with E-state index in [9.17, 15) is 24.3 Å². The van der Waals surface area contributed by atoms with Crippen LogP contribution < -0.4 is 9.77 Å². The van der Waals surface area contributed by atoms with Crippen molar-refractivity contribution in [3.63, 3.8) is 0 Å². The summed E-state index contributed by atoms with van der Waals surface area (Å²) in [6.07, 6.45) is 0.788. The van der Waals surface area contributed by atoms with Crippen molar-refractivity contribution < 1.29 is 19.5 Å². The van der Waals surface area contributed by atoms with Gasteiger partial charge in [0.05, 0.1) is 16.9 Å². The van der Waals surface area contributed by atoms with Crippen LogP contribution in [0.4, 0.5) is 5.69 Å². The fourth-order valence-corrected chi connectivity index (χ4v) is 9.77. The summed E-state index contributed by atoms with van der Waals surface area (Å²) in [5.41, 5.74) is 2.19. The van der Waals surface area contributed by atoms with E-state index < -0.39 is 23.8 Å². The Labute approximate surface area is 204 Å². The number of hydrogen-bond acceptors (Lipinski definition) is 7. The van der Waals surface area contributed by atoms with Gasteiger partial charge in [0, 0.05) is 35.8 Å². The van der Waals surface area contributed by atoms with Gasteiger partial charge in [-0.05, 0) is 48.8 Å². The van der Waals surface area contributed by atoms with E-state index in [2.05, 4.69) is 29.2 Å². The van der Waals surface area contributed by atoms with Crippen molar-refractivity contribution in [2.75, 3.05) is 19.0 Å². The number of carboxylic acids is 1. The SMILES string of the molecule is C[C@H](C(=O)O)N1C(=O)[C@H]2[C@@H]3C[C@@H]([C@@H]2C1=O)[C@H]1[C@@H](c2ccc(N(C)C)cc2)c2sc(=O)[nH]c2S[C@H]31. The van der Waals surface area contributed by atoms with Crippen molar-refractivity contribution in [3.8, 4) is 0 Å². The number of carbonyl (C=O) groups is 3. The number of aromatic amines is 1. The molecule has 178 valence electrons. The maximum absolute atomic E-state index is 13.4. The number of amides is 2. The molecule has 4 aliphatic rings. The van der Waals surface area contributed by atoms with Crippen LogP contribution in [0.5, 0.6) is 0 Å². The lowest BCUT2D eigenvalue weighted by atomic mass is 9.68. The highest BCUT2D eigenvalue weighted by molar-refractivity contribution is 8.00. The number of benzene rings is 1. The molecule has 2 N–H and O–H groups in total. The van der Waals surface area contributed by atoms with Gasteiger partial charge in [-0.1, -0.05) is 23.5 Å². The third-order valence-electron chi connectivity index (χ3n) is 8.27. The zero-order chi connectivity index (χ0) is 24.0. The van der Waals surface area contributed by atoms with Crippen LogP contribution in [0.2, 0.25) is 0 Å². The Kier molecular flexibility index (Phi) is 4.80. The van der Waals surface area contributed by atoms with Gasteiger partial charge in [-0.3, -0.25) is 19.3 Å². The van der Waals surface area contributed by atoms with Crippen LogP contribution >= 0.6 is 23.1 Å². The number of carbonyl (C=O) groups excluding carboxylic acids is 2. The number of anilines is 1. The molecule has 1 aromatic carbocycles. The smallest absolute Gasteiger partial charge is 0.326 e. The molecule has 2 aliphatic heterocycles. The fraction of sp³-hybridized carbons (Fsp3) is 0.500. The molecule has 8 atom stereocenters. The number of likely N-dealkylation sites (tertiary alicyclic amines) is 1. The van der Waals surface area contributed by atoms with Crippen molar-refractivity contribution in [2.24, 2.45) is 29.6 Å². The number of carboxylic acid groups (broad SMARTS) is 1. The maximum Gasteiger partial charge on any atom is 0.326 e. The Morgan fingerprint density at radius 1 is 1.12 bits per heavy atom. The van der Waals surface area contributed by atoms with Crippen molar-refractivity contribution >= 4 is 46.6 Å². The number of rotatable bonds is 4. The Morgan fingerprint density at radius 3 is 2.38 bits per heavy atom. The van der Waals surface area contributed by atoms with Crippen molar-refractivity contribution in [1.82, 2.24) is 9.88 Å². The van der Waals surface area contributed by atoms with Crippen LogP contribution in [-0.2, 0) is 14.4 Å². The molecule has 6 rings (SSSR count). The molecule has 0 spiro atoms. The third kappa shape index (κ3) is 2.84. The number of imide groups is 1. The summed E-state index contributed by atoms with van der Waals surface area (Å²) >= 11 is 2.87. The predicted octanol–water partition coefficient (Wildman–Crippen LogP) is 2.45. The average Bonchev–Trinajstić information content (AvgIpc) is 3.52. The number of thioether (sulfide) groups is 1. The second-order valence-electron chi connectivity index (χ2n) is 10.0. The first-order valence-electron chi connectivity index (χ1n) is 11.5. The normalized spacial score (nSPS) is 34.1. The van der Waals surface area contributed by atoms with Crippen LogP contribution in [0.15, 0.2) is 34.1 Å². The third-order valence-corrected chi connectivity index (χ3v) is 10.9. The van der Waals surface area contributed by atoms with Gasteiger partial charge in [0.2, 0.25) is 11.8 Å². The quantitative estimate of drug-likeness (QED) is 0.622. The molecule has 0 radical (unpaired) electrons. The summed E-state index contributed by atoms with van der Waals surface area (Å²) in [6, 6.07) is 7.18. The minimum atomic E-state index is -1.17. The number of nitrogens with zero attached hydrogens (tertiary/aromatic N) is 2. The molecule has 3 heterocycles. The summed E-state index contributed by atoms with van der Waals surface area (Å²) in [6.45, 7) is 1.40. The number of nitrogens with one attached hydrogen (secondary N) is 1. The lowest BCUT2D eigenvalue weighted by Crippen LogP contribution is -2.44. The van der Waals surface area contributed by atoms with Crippen LogP contribution in [0.3, 0.4) is 0 Å². The second kappa shape index (κ2) is 7.45. The predicted molar refractivity (Wildman–Crippen MR) is 128 cm³/mol. The van der Waals surface area contributed by atoms with E-state index in [-0.39, 0.29) is 45.6 Å². The zero-order valence-corrected chi connectivity index (χ0v) is 20.6. The van der Waals surface area contributed by atoms with Gasteiger partial charge in [-0.25, -0.2) is 4.79 Å². The van der Waals surface area contributed by atoms with Crippen LogP contribution in [0.25, 0.3) is 0 Å². The summed E-state index contributed by atoms with van der Waals surface area (Å²) in [5, 5.41) is 10.4. The van der Waals surface area contributed by atoms with E-state index in [1.807, 2.05) is 19.0 Å². The topological polar surface area (TPSA) is 111 Å². The first-order valence-corrected chi connectivity index (χ1v) is 13.1. The summed E-state index contributed by atoms with van der Waals surface area (Å²) in [7, 11) is 3.97. The van der Waals surface area contributed by atoms with Crippen molar-refractivity contribution in [3.05, 3.63) is 44.4 Å². The van der Waals surface area contributed by atoms with E-state index in [0.717, 1.165) is 32.5 Å². The minimum Gasteiger partial charge on any atom is -0.480 e. The first-order chi connectivity index (χ1) is 16.2. The molecule has 8 nitrogen and oxygen atoms in total. The number of H-pyrrole nitrogens is 1. The van der Waals surface area contributed by atoms with Crippen molar-refractivity contribution in [1.29, 1.82) is 0 Å². The molecule has 2 bridgehead atoms. The highest BCUT2D eigenvalue weighted by Crippen LogP contribution is 2.68. The van der Waals surface area contributed by atoms with Gasteiger partial charge in [-0.15, -0.1) is 11.8 Å². The molecule has 10 heteroatoms. The number of aromatic nitrogens is 1. The molecule has 2 amide bonds. The van der Waals surface area contributed by atoms with Gasteiger partial charge in [0.15, 0.2) is 0 Å². The highest BCUT2D eigenvalue weighted by Gasteiger charge is 2.70. The van der Waals surface area contributed by atoms with E-state index >= 15 is 0 Å². The van der Waals surface area contributed by atoms with Gasteiger partial charge in [0.25, 0.3) is 0 Å². The molecule has 34 heavy (non-hydrogen) atoms. The number of thiazole rings is 1. The lowest BCUT2D eigenvalue weighted by molar-refractivity contribution is -0.154. The minimum absolute atomic E-state index is 0.00690. The van der Waals surface area contributed by atoms with Crippen molar-refractivity contribution in [2.45, 2.75) is 35.6 Å². The van der Waals surface area contributed by atoms with Gasteiger partial charge >= 0.3 is 10.8 Å². The van der Waals surface area contributed by atoms with Crippen LogP contribution in [-0.4, -0.2) is 58.2 Å². The fourth-order valence-electron chi connectivity index (χ4n) is 6.89. The first kappa shape index (κ1) is 21.9. The molecule has 2 aliphatic carbocycles. The average molecular weight is 500 g/mol. The number of aliphatic carboxylic acids is 1. The molecule has 3 fully saturated rings. The lowest BCUT2D eigenvalue weighted by Gasteiger charge is -2.43. The van der Waals surface area contributed by atoms with E-state index in [1.165, 1.54) is 18.3 Å². The highest BCUT2D eigenvalue weighted by atomic mass is 32.2. The molecule has 2 saturated carbocycles. The Morgan fingerprint density at radius 2 is 1.76 bits per heavy atom. The molecular formula is C24H25N3O5S2. The molecular weight excluding hydrogens is 474 g/mol. The number of fused-ring (bicyclic) bond motifs is 9. The summed E-state index contributed by atoms with van der Waals surface area (Å²) in [5.74, 6) is -2.73. The molecule has 0 unspecified atom stereocenters. The molecule has 1 saturated heterocycles. The Bertz CT molecular complexity index is 1270. The van der Waals surface area contributed by atoms with Crippen LogP contribution in [0.1, 0.15) is 29.7 Å². The summed E-state index contributed by atoms with van der Waals surface area (Å²) in [4.78, 5) is 57.6. The molecule has 1 aromatic heterocycles. The number of hydrogen-bond donors (Lipinski definition) is 2. The summed E-state index contributed by atoms with van der Waals surface area (Å²) < 4.78 is 0. The molecule has 2 aromatic rings. The van der Waals surface area contributed by atoms with E-state index in [0.29, 0.717) is 0 Å². The Hall–Kier alpha value is -2.59. The largest absolute Gasteiger partial charge is 0.480 e.